The van der Waals surface area contributed by atoms with Gasteiger partial charge in [-0.15, -0.1) is 0 Å². The smallest absolute Gasteiger partial charge is 0.314 e. The summed E-state index contributed by atoms with van der Waals surface area (Å²) in [4.78, 5) is 27.4. The Morgan fingerprint density at radius 3 is 2.11 bits per heavy atom. The lowest BCUT2D eigenvalue weighted by molar-refractivity contribution is -0.126. The van der Waals surface area contributed by atoms with Gasteiger partial charge in [-0.1, -0.05) is 30.3 Å². The minimum atomic E-state index is -0.791. The van der Waals surface area contributed by atoms with Crippen LogP contribution < -0.4 is 11.5 Å². The van der Waals surface area contributed by atoms with E-state index in [1.807, 2.05) is 6.07 Å². The third kappa shape index (κ3) is 4.80. The van der Waals surface area contributed by atoms with E-state index in [0.29, 0.717) is 12.5 Å². The van der Waals surface area contributed by atoms with E-state index in [-0.39, 0.29) is 12.1 Å². The molecule has 0 radical (unpaired) electrons. The summed E-state index contributed by atoms with van der Waals surface area (Å²) in [7, 11) is 4.27. The van der Waals surface area contributed by atoms with Crippen molar-refractivity contribution in [1.29, 1.82) is 0 Å². The molecule has 6 nitrogen and oxygen atoms in total. The van der Waals surface area contributed by atoms with Gasteiger partial charge in [-0.05, 0) is 65.1 Å². The lowest BCUT2D eigenvalue weighted by Gasteiger charge is -2.46. The van der Waals surface area contributed by atoms with Crippen molar-refractivity contribution in [2.75, 3.05) is 27.2 Å². The Morgan fingerprint density at radius 1 is 1.11 bits per heavy atom. The summed E-state index contributed by atoms with van der Waals surface area (Å²) in [6.07, 6.45) is 4.07. The minimum Gasteiger partial charge on any atom is -0.369 e. The van der Waals surface area contributed by atoms with Crippen LogP contribution in [0.15, 0.2) is 30.3 Å². The molecule has 0 aromatic heterocycles. The summed E-state index contributed by atoms with van der Waals surface area (Å²) in [5, 5.41) is 0. The maximum Gasteiger partial charge on any atom is 0.314 e. The second-order valence-corrected chi connectivity index (χ2v) is 8.70. The van der Waals surface area contributed by atoms with E-state index in [0.717, 1.165) is 25.7 Å². The van der Waals surface area contributed by atoms with Crippen molar-refractivity contribution in [1.82, 2.24) is 9.80 Å². The van der Waals surface area contributed by atoms with Gasteiger partial charge < -0.3 is 16.4 Å². The predicted molar refractivity (Wildman–Crippen MR) is 108 cm³/mol. The molecule has 0 heterocycles. The van der Waals surface area contributed by atoms with Crippen LogP contribution >= 0.6 is 0 Å². The van der Waals surface area contributed by atoms with Crippen LogP contribution in [0.4, 0.5) is 4.79 Å². The molecule has 0 bridgehead atoms. The molecule has 1 aromatic carbocycles. The van der Waals surface area contributed by atoms with Gasteiger partial charge in [0.25, 0.3) is 0 Å². The van der Waals surface area contributed by atoms with Gasteiger partial charge in [0.15, 0.2) is 0 Å². The van der Waals surface area contributed by atoms with Crippen LogP contribution in [0.1, 0.15) is 45.1 Å². The molecule has 150 valence electrons. The quantitative estimate of drug-likeness (QED) is 0.768. The molecule has 4 N–H and O–H groups in total. The van der Waals surface area contributed by atoms with E-state index in [2.05, 4.69) is 43.3 Å². The average molecular weight is 375 g/mol. The van der Waals surface area contributed by atoms with Gasteiger partial charge in [-0.2, -0.15) is 0 Å². The monoisotopic (exact) mass is 374 g/mol. The van der Waals surface area contributed by atoms with Crippen LogP contribution in [-0.4, -0.2) is 48.9 Å². The van der Waals surface area contributed by atoms with Crippen molar-refractivity contribution in [2.24, 2.45) is 22.8 Å². The van der Waals surface area contributed by atoms with Crippen molar-refractivity contribution in [3.05, 3.63) is 35.9 Å². The summed E-state index contributed by atoms with van der Waals surface area (Å²) >= 11 is 0. The van der Waals surface area contributed by atoms with Gasteiger partial charge in [-0.3, -0.25) is 9.69 Å². The second kappa shape index (κ2) is 8.30. The fraction of sp³-hybridized carbons (Fsp3) is 0.619. The number of rotatable bonds is 7. The van der Waals surface area contributed by atoms with Gasteiger partial charge in [-0.25, -0.2) is 4.79 Å². The predicted octanol–water partition coefficient (Wildman–Crippen LogP) is 2.53. The van der Waals surface area contributed by atoms with E-state index in [1.165, 1.54) is 5.56 Å². The average Bonchev–Trinajstić information content (AvgIpc) is 2.62. The number of nitrogens with two attached hydrogens (primary N) is 2. The number of benzene rings is 1. The highest BCUT2D eigenvalue weighted by Crippen LogP contribution is 2.43. The fourth-order valence-corrected chi connectivity index (χ4v) is 4.18. The lowest BCUT2D eigenvalue weighted by Crippen LogP contribution is -2.50. The summed E-state index contributed by atoms with van der Waals surface area (Å²) in [5.41, 5.74) is 11.6. The first-order valence-electron chi connectivity index (χ1n) is 9.66. The highest BCUT2D eigenvalue weighted by Gasteiger charge is 2.39. The zero-order chi connectivity index (χ0) is 20.2. The molecule has 1 aliphatic rings. The Balaban J connectivity index is 2.07. The molecule has 0 unspecified atom stereocenters. The molecule has 1 fully saturated rings. The number of carbonyl (C=O) groups is 2. The Morgan fingerprint density at radius 2 is 1.67 bits per heavy atom. The van der Waals surface area contributed by atoms with Gasteiger partial charge in [0.1, 0.15) is 0 Å². The first-order chi connectivity index (χ1) is 12.6. The molecule has 1 saturated carbocycles. The van der Waals surface area contributed by atoms with Gasteiger partial charge in [0, 0.05) is 18.6 Å². The van der Waals surface area contributed by atoms with E-state index in [4.69, 9.17) is 11.5 Å². The van der Waals surface area contributed by atoms with Crippen LogP contribution in [-0.2, 0) is 10.3 Å². The Labute approximate surface area is 162 Å². The summed E-state index contributed by atoms with van der Waals surface area (Å²) < 4.78 is 0. The summed E-state index contributed by atoms with van der Waals surface area (Å²) in [6, 6.07) is 10.1. The maximum atomic E-state index is 11.9. The molecule has 1 aromatic rings. The van der Waals surface area contributed by atoms with E-state index in [9.17, 15) is 9.59 Å². The number of hydrogen-bond donors (Lipinski definition) is 2. The summed E-state index contributed by atoms with van der Waals surface area (Å²) in [5.74, 6) is -0.0499. The van der Waals surface area contributed by atoms with Crippen LogP contribution in [0.2, 0.25) is 0 Å². The van der Waals surface area contributed by atoms with Gasteiger partial charge in [0.2, 0.25) is 5.91 Å². The minimum absolute atomic E-state index is 0.0296. The SMILES string of the molecule is CN(C)C1(c2ccccc2)CCC(CN(CC(C)(C)C(N)=O)C(N)=O)CC1. The largest absolute Gasteiger partial charge is 0.369 e. The van der Waals surface area contributed by atoms with E-state index >= 15 is 0 Å². The van der Waals surface area contributed by atoms with Gasteiger partial charge in [0.05, 0.1) is 5.41 Å². The van der Waals surface area contributed by atoms with Crippen LogP contribution in [0, 0.1) is 11.3 Å². The molecule has 2 rings (SSSR count). The Hall–Kier alpha value is -2.08. The number of amides is 3. The standard InChI is InChI=1S/C21H34N4O2/c1-20(2,18(22)26)15-25(19(23)27)14-16-10-12-21(13-11-16,24(3)4)17-8-6-5-7-9-17/h5-9,16H,10-15H2,1-4H3,(H2,22,26)(H2,23,27). The van der Waals surface area contributed by atoms with Crippen LogP contribution in [0.3, 0.4) is 0 Å². The van der Waals surface area contributed by atoms with Crippen molar-refractivity contribution in [3.8, 4) is 0 Å². The molecular formula is C21H34N4O2. The third-order valence-electron chi connectivity index (χ3n) is 6.14. The zero-order valence-corrected chi connectivity index (χ0v) is 17.1. The van der Waals surface area contributed by atoms with Crippen molar-refractivity contribution < 1.29 is 9.59 Å². The second-order valence-electron chi connectivity index (χ2n) is 8.70. The molecule has 0 spiro atoms. The Kier molecular flexibility index (Phi) is 6.52. The highest BCUT2D eigenvalue weighted by atomic mass is 16.2. The van der Waals surface area contributed by atoms with Crippen molar-refractivity contribution in [3.63, 3.8) is 0 Å². The number of hydrogen-bond acceptors (Lipinski definition) is 3. The number of primary amides is 2. The van der Waals surface area contributed by atoms with Crippen LogP contribution in [0.5, 0.6) is 0 Å². The molecule has 0 saturated heterocycles. The molecule has 1 aliphatic carbocycles. The maximum absolute atomic E-state index is 11.9. The normalized spacial score (nSPS) is 23.2. The van der Waals surface area contributed by atoms with Crippen molar-refractivity contribution in [2.45, 2.75) is 45.1 Å². The zero-order valence-electron chi connectivity index (χ0n) is 17.1. The Bertz CT molecular complexity index is 649. The highest BCUT2D eigenvalue weighted by molar-refractivity contribution is 5.81. The molecule has 6 heteroatoms. The van der Waals surface area contributed by atoms with Gasteiger partial charge >= 0.3 is 6.03 Å². The third-order valence-corrected chi connectivity index (χ3v) is 6.14. The molecule has 0 aliphatic heterocycles. The first-order valence-corrected chi connectivity index (χ1v) is 9.66. The number of urea groups is 1. The van der Waals surface area contributed by atoms with E-state index in [1.54, 1.807) is 18.7 Å². The van der Waals surface area contributed by atoms with E-state index < -0.39 is 17.4 Å². The molecule has 0 atom stereocenters. The number of nitrogens with zero attached hydrogens (tertiary/aromatic N) is 2. The lowest BCUT2D eigenvalue weighted by atomic mass is 9.71. The van der Waals surface area contributed by atoms with Crippen LogP contribution in [0.25, 0.3) is 0 Å². The molecule has 3 amide bonds. The fourth-order valence-electron chi connectivity index (χ4n) is 4.18. The summed E-state index contributed by atoms with van der Waals surface area (Å²) in [6.45, 7) is 4.33. The van der Waals surface area contributed by atoms with Crippen molar-refractivity contribution >= 4 is 11.9 Å². The molecular weight excluding hydrogens is 340 g/mol. The topological polar surface area (TPSA) is 92.7 Å². The number of carbonyl (C=O) groups excluding carboxylic acids is 2. The molecule has 27 heavy (non-hydrogen) atoms. The first kappa shape index (κ1) is 21.2.